The van der Waals surface area contributed by atoms with E-state index in [1.165, 1.54) is 100 Å². The van der Waals surface area contributed by atoms with Gasteiger partial charge in [0.1, 0.15) is 0 Å². The summed E-state index contributed by atoms with van der Waals surface area (Å²) >= 11 is 0. The number of aromatic nitrogens is 10. The predicted octanol–water partition coefficient (Wildman–Crippen LogP) is 32.1. The highest BCUT2D eigenvalue weighted by molar-refractivity contribution is 5.96. The molecule has 0 amide bonds. The van der Waals surface area contributed by atoms with Gasteiger partial charge in [-0.15, -0.1) is 0 Å². The molecule has 0 N–H and O–H groups in total. The van der Waals surface area contributed by atoms with E-state index in [-0.39, 0.29) is 0 Å². The number of fused-ring (bicyclic) bond motifs is 16. The molecule has 0 atom stereocenters. The second-order valence-electron chi connectivity index (χ2n) is 37.5. The molecule has 7 aromatic heterocycles. The van der Waals surface area contributed by atoms with E-state index in [2.05, 4.69) is 422 Å². The van der Waals surface area contributed by atoms with Crippen LogP contribution in [0.3, 0.4) is 0 Å². The minimum Gasteiger partial charge on any atom is -0.264 e. The van der Waals surface area contributed by atoms with Crippen LogP contribution in [-0.2, 0) is 16.2 Å². The van der Waals surface area contributed by atoms with Gasteiger partial charge in [-0.05, 0) is 201 Å². The topological polar surface area (TPSA) is 129 Å². The molecular formula is C137H90N10. The van der Waals surface area contributed by atoms with Crippen molar-refractivity contribution in [3.63, 3.8) is 0 Å². The van der Waals surface area contributed by atoms with E-state index in [0.29, 0.717) is 17.5 Å². The fraction of sp³-hybridized carbons (Fsp3) is 0.0219. The van der Waals surface area contributed by atoms with E-state index < -0.39 is 16.2 Å². The molecule has 17 aromatic carbocycles. The minimum absolute atomic E-state index is 0.481. The van der Waals surface area contributed by atoms with E-state index in [0.717, 1.165) is 129 Å². The average molecular weight is 1880 g/mol. The Balaban J connectivity index is 0.000000112. The molecule has 0 unspecified atom stereocenters. The monoisotopic (exact) mass is 1870 g/mol. The predicted molar refractivity (Wildman–Crippen MR) is 593 cm³/mol. The van der Waals surface area contributed by atoms with Crippen LogP contribution in [0, 0.1) is 0 Å². The van der Waals surface area contributed by atoms with Crippen molar-refractivity contribution in [3.05, 3.63) is 614 Å². The van der Waals surface area contributed by atoms with Crippen molar-refractivity contribution in [1.82, 2.24) is 49.8 Å². The molecule has 0 bridgehead atoms. The van der Waals surface area contributed by atoms with Crippen LogP contribution >= 0.6 is 0 Å². The zero-order valence-electron chi connectivity index (χ0n) is 79.9. The number of pyridine rings is 4. The van der Waals surface area contributed by atoms with Crippen molar-refractivity contribution in [2.45, 2.75) is 16.2 Å². The van der Waals surface area contributed by atoms with Gasteiger partial charge in [-0.3, -0.25) is 19.9 Å². The third-order valence-corrected chi connectivity index (χ3v) is 29.3. The van der Waals surface area contributed by atoms with E-state index in [9.17, 15) is 0 Å². The van der Waals surface area contributed by atoms with E-state index in [1.54, 1.807) is 6.20 Å². The fourth-order valence-corrected chi connectivity index (χ4v) is 22.8. The summed E-state index contributed by atoms with van der Waals surface area (Å²) in [7, 11) is 0. The van der Waals surface area contributed by atoms with Crippen LogP contribution in [0.2, 0.25) is 0 Å². The van der Waals surface area contributed by atoms with E-state index in [4.69, 9.17) is 39.9 Å². The van der Waals surface area contributed by atoms with E-state index >= 15 is 0 Å². The Labute approximate surface area is 853 Å². The number of hydrogen-bond acceptors (Lipinski definition) is 10. The van der Waals surface area contributed by atoms with Crippen molar-refractivity contribution in [2.24, 2.45) is 0 Å². The maximum atomic E-state index is 5.23. The number of nitrogens with zero attached hydrogens (tertiary/aromatic N) is 10. The third-order valence-electron chi connectivity index (χ3n) is 29.3. The van der Waals surface area contributed by atoms with Gasteiger partial charge in [0.2, 0.25) is 0 Å². The molecule has 0 radical (unpaired) electrons. The summed E-state index contributed by atoms with van der Waals surface area (Å²) in [5, 5.41) is 0. The largest absolute Gasteiger partial charge is 0.264 e. The van der Waals surface area contributed by atoms with Crippen LogP contribution in [0.5, 0.6) is 0 Å². The summed E-state index contributed by atoms with van der Waals surface area (Å²) in [6.45, 7) is 0. The van der Waals surface area contributed by atoms with Gasteiger partial charge in [-0.2, -0.15) is 0 Å². The molecule has 0 saturated heterocycles. The maximum Gasteiger partial charge on any atom is 0.160 e. The Kier molecular flexibility index (Phi) is 22.4. The van der Waals surface area contributed by atoms with Crippen molar-refractivity contribution in [1.29, 1.82) is 0 Å². The molecular weight excluding hydrogens is 1790 g/mol. The summed E-state index contributed by atoms with van der Waals surface area (Å²) in [6, 6.07) is 180. The molecule has 28 rings (SSSR count). The highest BCUT2D eigenvalue weighted by Gasteiger charge is 2.54. The molecule has 7 heterocycles. The van der Waals surface area contributed by atoms with E-state index in [1.807, 2.05) is 128 Å². The first-order chi connectivity index (χ1) is 72.9. The first kappa shape index (κ1) is 87.8. The third kappa shape index (κ3) is 15.5. The molecule has 10 heteroatoms. The molecule has 10 nitrogen and oxygen atoms in total. The lowest BCUT2D eigenvalue weighted by Gasteiger charge is -2.34. The second-order valence-corrected chi connectivity index (χ2v) is 37.5. The summed E-state index contributed by atoms with van der Waals surface area (Å²) in [5.74, 6) is 2.11. The highest BCUT2D eigenvalue weighted by Crippen LogP contribution is 2.64. The fourth-order valence-electron chi connectivity index (χ4n) is 22.8. The zero-order chi connectivity index (χ0) is 97.6. The van der Waals surface area contributed by atoms with Crippen LogP contribution in [-0.4, -0.2) is 49.8 Å². The summed E-state index contributed by atoms with van der Waals surface area (Å²) in [6.07, 6.45) is 11.4. The summed E-state index contributed by atoms with van der Waals surface area (Å²) in [4.78, 5) is 49.2. The maximum absolute atomic E-state index is 5.23. The molecule has 688 valence electrons. The Bertz CT molecular complexity index is 8550. The summed E-state index contributed by atoms with van der Waals surface area (Å²) in [5.41, 5.74) is 44.0. The quantitative estimate of drug-likeness (QED) is 0.0922. The van der Waals surface area contributed by atoms with Gasteiger partial charge in [-0.25, -0.2) is 29.9 Å². The van der Waals surface area contributed by atoms with Crippen molar-refractivity contribution < 1.29 is 0 Å². The summed E-state index contributed by atoms with van der Waals surface area (Å²) < 4.78 is 0. The molecule has 4 aliphatic carbocycles. The van der Waals surface area contributed by atoms with Gasteiger partial charge in [0, 0.05) is 98.4 Å². The van der Waals surface area contributed by atoms with Crippen molar-refractivity contribution in [3.8, 4) is 180 Å². The Hall–Kier alpha value is -19.4. The Morgan fingerprint density at radius 1 is 0.136 bits per heavy atom. The lowest BCUT2D eigenvalue weighted by atomic mass is 9.67. The molecule has 1 spiro atoms. The first-order valence-corrected chi connectivity index (χ1v) is 49.8. The standard InChI is InChI=1S/2C46H31N3.C45H28N4/c1-5-14-32(15-6-1)43-30-44(49-45(48-43)33-16-7-2-8-17-33)36-19-13-18-34(28-36)35-24-25-39-40-31-47-27-26-41(40)46(42(39)29-35,37-20-9-3-10-21-37)38-22-11-4-12-23-38;1-4-14-32(15-5-1)45-48-43(34-17-12-16-33(28-34)36-18-13-27-47-31-36)30-44(49-45)35-25-26-40-39-23-10-11-24-41(39)46(42(40)29-35,37-19-6-2-7-20-37)38-21-8-3-9-22-38;1-3-12-29(13-4-1)40-28-41(49-44(48-40)30-14-5-2-6-15-30)33-17-9-16-31(26-33)32-22-23-35-34-18-7-8-19-36(34)45(39(35)27-32)37-20-10-24-46-42(37)43-38(45)21-11-25-47-43/h2*1-31H;1-28H. The molecule has 24 aromatic rings. The average Bonchev–Trinajstić information content (AvgIpc) is 1.51. The van der Waals surface area contributed by atoms with Crippen molar-refractivity contribution in [2.75, 3.05) is 0 Å². The van der Waals surface area contributed by atoms with Gasteiger partial charge < -0.3 is 0 Å². The first-order valence-electron chi connectivity index (χ1n) is 49.8. The van der Waals surface area contributed by atoms with Crippen LogP contribution in [0.4, 0.5) is 0 Å². The lowest BCUT2D eigenvalue weighted by Crippen LogP contribution is -2.28. The zero-order valence-corrected chi connectivity index (χ0v) is 79.9. The van der Waals surface area contributed by atoms with Crippen LogP contribution < -0.4 is 0 Å². The van der Waals surface area contributed by atoms with Gasteiger partial charge in [0.25, 0.3) is 0 Å². The smallest absolute Gasteiger partial charge is 0.160 e. The van der Waals surface area contributed by atoms with Gasteiger partial charge in [-0.1, -0.05) is 431 Å². The van der Waals surface area contributed by atoms with Crippen LogP contribution in [0.1, 0.15) is 66.8 Å². The van der Waals surface area contributed by atoms with Crippen LogP contribution in [0.15, 0.2) is 547 Å². The Morgan fingerprint density at radius 3 is 0.782 bits per heavy atom. The molecule has 4 aliphatic rings. The Morgan fingerprint density at radius 2 is 0.395 bits per heavy atom. The molecule has 0 fully saturated rings. The van der Waals surface area contributed by atoms with Gasteiger partial charge in [0.05, 0.1) is 61.8 Å². The highest BCUT2D eigenvalue weighted by atomic mass is 14.9. The van der Waals surface area contributed by atoms with Crippen molar-refractivity contribution >= 4 is 0 Å². The number of hydrogen-bond donors (Lipinski definition) is 0. The SMILES string of the molecule is c1ccc(-c2cc(-c3cccc(-c4ccc5c(c4)C(c4ccccc4)(c4ccccc4)c4ccncc4-5)c3)nc(-c3ccccc3)n2)cc1.c1ccc(-c2cc(-c3cccc(-c4ccc5c(c4)C4(c6ccccc6-5)c5cccnc5-c5ncccc54)c3)nc(-c3ccccc3)n2)cc1.c1ccc(-c2nc(-c3cccc(-c4cccnc4)c3)cc(-c3ccc4c(c3)C(c3ccccc3)(c3ccccc3)c3ccccc3-4)n2)cc1. The minimum atomic E-state index is -0.492. The molecule has 147 heavy (non-hydrogen) atoms. The second kappa shape index (κ2) is 37.5. The van der Waals surface area contributed by atoms with Gasteiger partial charge in [0.15, 0.2) is 17.5 Å². The van der Waals surface area contributed by atoms with Gasteiger partial charge >= 0.3 is 0 Å². The number of benzene rings is 17. The number of rotatable bonds is 16. The normalized spacial score (nSPS) is 12.8. The molecule has 0 saturated carbocycles. The van der Waals surface area contributed by atoms with Crippen LogP contribution in [0.25, 0.3) is 180 Å². The molecule has 0 aliphatic heterocycles. The lowest BCUT2D eigenvalue weighted by molar-refractivity contribution is 0.767.